The molecule has 2 heterocycles. The molecule has 0 unspecified atom stereocenters. The van der Waals surface area contributed by atoms with Crippen molar-refractivity contribution in [2.75, 3.05) is 5.73 Å². The van der Waals surface area contributed by atoms with E-state index in [4.69, 9.17) is 5.73 Å². The van der Waals surface area contributed by atoms with Crippen molar-refractivity contribution in [1.29, 1.82) is 0 Å². The summed E-state index contributed by atoms with van der Waals surface area (Å²) in [6.07, 6.45) is 6.15. The molecular weight excluding hydrogens is 224 g/mol. The molecule has 0 bridgehead atoms. The molecule has 2 N–H and O–H groups in total. The highest BCUT2D eigenvalue weighted by molar-refractivity contribution is 5.56. The first kappa shape index (κ1) is 11.1. The Morgan fingerprint density at radius 1 is 1.17 bits per heavy atom. The summed E-state index contributed by atoms with van der Waals surface area (Å²) in [5.74, 6) is 1.27. The van der Waals surface area contributed by atoms with Crippen molar-refractivity contribution in [2.24, 2.45) is 0 Å². The quantitative estimate of drug-likeness (QED) is 0.830. The Balaban J connectivity index is 2.11. The topological polar surface area (TPSA) is 64.7 Å². The smallest absolute Gasteiger partial charge is 0.180 e. The Labute approximate surface area is 106 Å². The minimum Gasteiger partial charge on any atom is -0.383 e. The van der Waals surface area contributed by atoms with E-state index < -0.39 is 0 Å². The van der Waals surface area contributed by atoms with Gasteiger partial charge in [0.2, 0.25) is 0 Å². The van der Waals surface area contributed by atoms with Crippen molar-refractivity contribution < 1.29 is 0 Å². The fourth-order valence-corrected chi connectivity index (χ4v) is 2.40. The van der Waals surface area contributed by atoms with Crippen LogP contribution in [0.4, 0.5) is 5.82 Å². The molecule has 18 heavy (non-hydrogen) atoms. The maximum Gasteiger partial charge on any atom is 0.180 e. The summed E-state index contributed by atoms with van der Waals surface area (Å²) in [6.45, 7) is 2.03. The van der Waals surface area contributed by atoms with Crippen LogP contribution in [0.2, 0.25) is 0 Å². The van der Waals surface area contributed by atoms with E-state index in [-0.39, 0.29) is 0 Å². The lowest BCUT2D eigenvalue weighted by Gasteiger charge is -2.16. The number of nitrogens with two attached hydrogens (primary N) is 1. The van der Waals surface area contributed by atoms with Crippen LogP contribution in [0.25, 0.3) is 11.5 Å². The van der Waals surface area contributed by atoms with Crippen LogP contribution in [0.15, 0.2) is 18.3 Å². The van der Waals surface area contributed by atoms with Crippen LogP contribution in [-0.4, -0.2) is 15.0 Å². The summed E-state index contributed by atoms with van der Waals surface area (Å²) in [4.78, 5) is 13.4. The van der Waals surface area contributed by atoms with Gasteiger partial charge in [-0.25, -0.2) is 9.97 Å². The first-order chi connectivity index (χ1) is 8.74. The largest absolute Gasteiger partial charge is 0.383 e. The number of fused-ring (bicyclic) bond motifs is 1. The van der Waals surface area contributed by atoms with Crippen LogP contribution in [0.1, 0.15) is 29.7 Å². The first-order valence-corrected chi connectivity index (χ1v) is 6.32. The van der Waals surface area contributed by atoms with Gasteiger partial charge in [-0.2, -0.15) is 0 Å². The third-order valence-corrected chi connectivity index (χ3v) is 3.36. The zero-order valence-corrected chi connectivity index (χ0v) is 10.5. The van der Waals surface area contributed by atoms with Crippen LogP contribution in [0, 0.1) is 6.92 Å². The lowest BCUT2D eigenvalue weighted by molar-refractivity contribution is 0.665. The molecule has 2 aromatic rings. The number of nitrogen functional groups attached to an aromatic ring is 1. The molecule has 92 valence electrons. The standard InChI is InChI=1S/C14H16N4/c1-9-6-7-16-12(8-9)14-17-11-5-3-2-4-10(11)13(15)18-14/h6-8H,2-5H2,1H3,(H2,15,17,18). The monoisotopic (exact) mass is 240 g/mol. The van der Waals surface area contributed by atoms with Crippen LogP contribution < -0.4 is 5.73 Å². The molecule has 0 aliphatic heterocycles. The Bertz CT molecular complexity index is 592. The van der Waals surface area contributed by atoms with E-state index in [1.807, 2.05) is 19.1 Å². The van der Waals surface area contributed by atoms with Crippen LogP contribution in [0.5, 0.6) is 0 Å². The molecule has 0 amide bonds. The maximum atomic E-state index is 6.04. The van der Waals surface area contributed by atoms with Crippen molar-refractivity contribution in [3.8, 4) is 11.5 Å². The van der Waals surface area contributed by atoms with E-state index in [1.165, 1.54) is 12.8 Å². The minimum absolute atomic E-state index is 0.623. The van der Waals surface area contributed by atoms with Crippen molar-refractivity contribution in [2.45, 2.75) is 32.6 Å². The molecule has 4 heteroatoms. The van der Waals surface area contributed by atoms with Gasteiger partial charge in [0.15, 0.2) is 5.82 Å². The van der Waals surface area contributed by atoms with Crippen LogP contribution >= 0.6 is 0 Å². The summed E-state index contributed by atoms with van der Waals surface area (Å²) in [7, 11) is 0. The molecule has 0 saturated carbocycles. The van der Waals surface area contributed by atoms with Gasteiger partial charge in [-0.3, -0.25) is 4.98 Å². The minimum atomic E-state index is 0.623. The third-order valence-electron chi connectivity index (χ3n) is 3.36. The number of hydrogen-bond acceptors (Lipinski definition) is 4. The van der Waals surface area contributed by atoms with E-state index in [9.17, 15) is 0 Å². The molecule has 2 aromatic heterocycles. The van der Waals surface area contributed by atoms with Crippen molar-refractivity contribution >= 4 is 5.82 Å². The molecule has 3 rings (SSSR count). The summed E-state index contributed by atoms with van der Waals surface area (Å²) < 4.78 is 0. The van der Waals surface area contributed by atoms with E-state index >= 15 is 0 Å². The highest BCUT2D eigenvalue weighted by Crippen LogP contribution is 2.26. The molecule has 0 aromatic carbocycles. The van der Waals surface area contributed by atoms with Gasteiger partial charge in [-0.15, -0.1) is 0 Å². The van der Waals surface area contributed by atoms with Gasteiger partial charge in [0.25, 0.3) is 0 Å². The molecule has 0 radical (unpaired) electrons. The fraction of sp³-hybridized carbons (Fsp3) is 0.357. The third kappa shape index (κ3) is 1.94. The highest BCUT2D eigenvalue weighted by Gasteiger charge is 2.17. The van der Waals surface area contributed by atoms with Gasteiger partial charge in [-0.05, 0) is 50.3 Å². The molecule has 0 fully saturated rings. The van der Waals surface area contributed by atoms with Crippen LogP contribution in [-0.2, 0) is 12.8 Å². The average Bonchev–Trinajstić information content (AvgIpc) is 2.39. The summed E-state index contributed by atoms with van der Waals surface area (Å²) in [6, 6.07) is 3.95. The molecule has 4 nitrogen and oxygen atoms in total. The zero-order valence-electron chi connectivity index (χ0n) is 10.5. The lowest BCUT2D eigenvalue weighted by atomic mass is 9.96. The summed E-state index contributed by atoms with van der Waals surface area (Å²) in [5.41, 5.74) is 10.2. The van der Waals surface area contributed by atoms with Gasteiger partial charge >= 0.3 is 0 Å². The second kappa shape index (κ2) is 4.37. The molecule has 1 aliphatic rings. The molecular formula is C14H16N4. The Hall–Kier alpha value is -1.97. The molecule has 1 aliphatic carbocycles. The molecule has 0 saturated heterocycles. The molecule has 0 spiro atoms. The number of hydrogen-bond donors (Lipinski definition) is 1. The highest BCUT2D eigenvalue weighted by atomic mass is 15.0. The number of nitrogens with zero attached hydrogens (tertiary/aromatic N) is 3. The summed E-state index contributed by atoms with van der Waals surface area (Å²) >= 11 is 0. The Kier molecular flexibility index (Phi) is 2.70. The number of aromatic nitrogens is 3. The van der Waals surface area contributed by atoms with Gasteiger partial charge < -0.3 is 5.73 Å². The second-order valence-corrected chi connectivity index (χ2v) is 4.78. The summed E-state index contributed by atoms with van der Waals surface area (Å²) in [5, 5.41) is 0. The van der Waals surface area contributed by atoms with Gasteiger partial charge in [0.05, 0.1) is 0 Å². The van der Waals surface area contributed by atoms with Gasteiger partial charge in [-0.1, -0.05) is 0 Å². The second-order valence-electron chi connectivity index (χ2n) is 4.78. The Morgan fingerprint density at radius 2 is 2.00 bits per heavy atom. The molecule has 0 atom stereocenters. The predicted octanol–water partition coefficient (Wildman–Crippen LogP) is 2.31. The fourth-order valence-electron chi connectivity index (χ4n) is 2.40. The lowest BCUT2D eigenvalue weighted by Crippen LogP contribution is -2.12. The van der Waals surface area contributed by atoms with E-state index in [2.05, 4.69) is 15.0 Å². The number of anilines is 1. The average molecular weight is 240 g/mol. The number of pyridine rings is 1. The maximum absolute atomic E-state index is 6.04. The first-order valence-electron chi connectivity index (χ1n) is 6.32. The van der Waals surface area contributed by atoms with Gasteiger partial charge in [0, 0.05) is 17.5 Å². The zero-order chi connectivity index (χ0) is 12.5. The Morgan fingerprint density at radius 3 is 2.83 bits per heavy atom. The van der Waals surface area contributed by atoms with Crippen LogP contribution in [0.3, 0.4) is 0 Å². The SMILES string of the molecule is Cc1ccnc(-c2nc(N)c3c(n2)CCCC3)c1. The van der Waals surface area contributed by atoms with E-state index in [1.54, 1.807) is 6.20 Å². The number of rotatable bonds is 1. The predicted molar refractivity (Wildman–Crippen MR) is 71.1 cm³/mol. The van der Waals surface area contributed by atoms with E-state index in [0.717, 1.165) is 35.4 Å². The van der Waals surface area contributed by atoms with Crippen molar-refractivity contribution in [3.05, 3.63) is 35.2 Å². The van der Waals surface area contributed by atoms with E-state index in [0.29, 0.717) is 11.6 Å². The normalized spacial score (nSPS) is 14.3. The van der Waals surface area contributed by atoms with Gasteiger partial charge in [0.1, 0.15) is 11.5 Å². The van der Waals surface area contributed by atoms with Crippen molar-refractivity contribution in [1.82, 2.24) is 15.0 Å². The van der Waals surface area contributed by atoms with Crippen molar-refractivity contribution in [3.63, 3.8) is 0 Å². The number of aryl methyl sites for hydroxylation is 2.